The number of nitrogens with two attached hydrogens (primary N) is 1. The molecule has 0 bridgehead atoms. The second-order valence-corrected chi connectivity index (χ2v) is 7.88. The molecule has 0 amide bonds. The Kier molecular flexibility index (Phi) is 6.97. The zero-order valence-corrected chi connectivity index (χ0v) is 18.3. The summed E-state index contributed by atoms with van der Waals surface area (Å²) in [5.41, 5.74) is 10.5. The number of aromatic nitrogens is 2. The minimum absolute atomic E-state index is 0.287. The first-order valence-corrected chi connectivity index (χ1v) is 11.1. The summed E-state index contributed by atoms with van der Waals surface area (Å²) in [7, 11) is 0. The Labute approximate surface area is 188 Å². The van der Waals surface area contributed by atoms with Gasteiger partial charge in [-0.2, -0.15) is 0 Å². The molecule has 32 heavy (non-hydrogen) atoms. The molecule has 7 heteroatoms. The Balaban J connectivity index is 1.31. The van der Waals surface area contributed by atoms with Crippen LogP contribution in [0, 0.1) is 0 Å². The van der Waals surface area contributed by atoms with Crippen LogP contribution in [0.25, 0.3) is 11.1 Å². The molecule has 0 unspecified atom stereocenters. The molecule has 2 heterocycles. The summed E-state index contributed by atoms with van der Waals surface area (Å²) < 4.78 is 5.03. The van der Waals surface area contributed by atoms with Crippen LogP contribution in [0.1, 0.15) is 35.7 Å². The highest BCUT2D eigenvalue weighted by Gasteiger charge is 2.21. The molecule has 0 radical (unpaired) electrons. The molecule has 0 saturated carbocycles. The molecule has 4 rings (SSSR count). The minimum Gasteiger partial charge on any atom is -0.462 e. The lowest BCUT2D eigenvalue weighted by molar-refractivity contribution is 0.0526. The van der Waals surface area contributed by atoms with E-state index in [2.05, 4.69) is 26.3 Å². The highest BCUT2D eigenvalue weighted by molar-refractivity contribution is 5.89. The summed E-state index contributed by atoms with van der Waals surface area (Å²) in [5, 5.41) is 3.56. The van der Waals surface area contributed by atoms with Crippen LogP contribution >= 0.6 is 0 Å². The Hall–Kier alpha value is -3.45. The van der Waals surface area contributed by atoms with E-state index in [9.17, 15) is 4.79 Å². The number of nitrogens with one attached hydrogen (secondary N) is 1. The van der Waals surface area contributed by atoms with Crippen LogP contribution in [0.4, 0.5) is 11.6 Å². The van der Waals surface area contributed by atoms with Crippen molar-refractivity contribution in [2.45, 2.75) is 32.4 Å². The number of carbonyl (C=O) groups is 1. The van der Waals surface area contributed by atoms with Crippen molar-refractivity contribution < 1.29 is 9.53 Å². The number of anilines is 2. The van der Waals surface area contributed by atoms with E-state index in [1.807, 2.05) is 42.7 Å². The van der Waals surface area contributed by atoms with Crippen LogP contribution in [-0.4, -0.2) is 41.7 Å². The molecular weight excluding hydrogens is 402 g/mol. The highest BCUT2D eigenvalue weighted by atomic mass is 16.5. The van der Waals surface area contributed by atoms with Crippen molar-refractivity contribution in [3.63, 3.8) is 0 Å². The third-order valence-corrected chi connectivity index (χ3v) is 5.68. The van der Waals surface area contributed by atoms with Crippen molar-refractivity contribution in [1.82, 2.24) is 9.97 Å². The second-order valence-electron chi connectivity index (χ2n) is 7.88. The number of hydrogen-bond acceptors (Lipinski definition) is 7. The van der Waals surface area contributed by atoms with Crippen LogP contribution < -0.4 is 16.0 Å². The van der Waals surface area contributed by atoms with E-state index >= 15 is 0 Å². The summed E-state index contributed by atoms with van der Waals surface area (Å²) in [6.45, 7) is 4.48. The predicted molar refractivity (Wildman–Crippen MR) is 127 cm³/mol. The van der Waals surface area contributed by atoms with Gasteiger partial charge < -0.3 is 20.7 Å². The number of piperidine rings is 1. The first-order chi connectivity index (χ1) is 15.7. The third-order valence-electron chi connectivity index (χ3n) is 5.68. The van der Waals surface area contributed by atoms with Gasteiger partial charge in [-0.3, -0.25) is 0 Å². The smallest absolute Gasteiger partial charge is 0.338 e. The molecule has 1 saturated heterocycles. The average molecular weight is 432 g/mol. The highest BCUT2D eigenvalue weighted by Crippen LogP contribution is 2.23. The normalized spacial score (nSPS) is 14.2. The van der Waals surface area contributed by atoms with E-state index in [0.29, 0.717) is 24.8 Å². The molecule has 1 aromatic heterocycles. The second kappa shape index (κ2) is 10.2. The largest absolute Gasteiger partial charge is 0.462 e. The van der Waals surface area contributed by atoms with Gasteiger partial charge in [0.15, 0.2) is 0 Å². The third kappa shape index (κ3) is 5.23. The summed E-state index contributed by atoms with van der Waals surface area (Å²) >= 11 is 0. The number of carbonyl (C=O) groups excluding carboxylic acids is 1. The average Bonchev–Trinajstić information content (AvgIpc) is 2.85. The monoisotopic (exact) mass is 431 g/mol. The SMILES string of the molecule is CCOC(=O)c1ccc(NC2CCN(c3ncc(-c4cccc(CN)c4)cn3)CC2)cc1. The molecule has 0 spiro atoms. The van der Waals surface area contributed by atoms with E-state index in [4.69, 9.17) is 10.5 Å². The number of rotatable bonds is 7. The van der Waals surface area contributed by atoms with Gasteiger partial charge in [0.25, 0.3) is 0 Å². The van der Waals surface area contributed by atoms with Gasteiger partial charge in [0.1, 0.15) is 0 Å². The molecule has 0 atom stereocenters. The molecule has 2 aromatic carbocycles. The molecule has 0 aliphatic carbocycles. The van der Waals surface area contributed by atoms with Gasteiger partial charge in [-0.25, -0.2) is 14.8 Å². The fourth-order valence-electron chi connectivity index (χ4n) is 3.89. The number of hydrogen-bond donors (Lipinski definition) is 2. The van der Waals surface area contributed by atoms with Crippen molar-refractivity contribution in [2.24, 2.45) is 5.73 Å². The van der Waals surface area contributed by atoms with Crippen LogP contribution in [0.3, 0.4) is 0 Å². The first kappa shape index (κ1) is 21.8. The van der Waals surface area contributed by atoms with Crippen molar-refractivity contribution in [3.05, 3.63) is 72.1 Å². The Morgan fingerprint density at radius 2 is 1.81 bits per heavy atom. The van der Waals surface area contributed by atoms with E-state index in [1.165, 1.54) is 0 Å². The van der Waals surface area contributed by atoms with Gasteiger partial charge >= 0.3 is 5.97 Å². The number of esters is 1. The topological polar surface area (TPSA) is 93.4 Å². The van der Waals surface area contributed by atoms with Crippen LogP contribution in [0.5, 0.6) is 0 Å². The van der Waals surface area contributed by atoms with Crippen molar-refractivity contribution in [2.75, 3.05) is 29.9 Å². The van der Waals surface area contributed by atoms with Crippen LogP contribution in [0.15, 0.2) is 60.9 Å². The van der Waals surface area contributed by atoms with Gasteiger partial charge in [0.2, 0.25) is 5.95 Å². The van der Waals surface area contributed by atoms with Crippen LogP contribution in [-0.2, 0) is 11.3 Å². The van der Waals surface area contributed by atoms with Gasteiger partial charge in [0.05, 0.1) is 12.2 Å². The van der Waals surface area contributed by atoms with Crippen molar-refractivity contribution in [1.29, 1.82) is 0 Å². The number of benzene rings is 2. The van der Waals surface area contributed by atoms with Gasteiger partial charge in [-0.15, -0.1) is 0 Å². The fourth-order valence-corrected chi connectivity index (χ4v) is 3.89. The number of nitrogens with zero attached hydrogens (tertiary/aromatic N) is 3. The Morgan fingerprint density at radius 3 is 2.47 bits per heavy atom. The van der Waals surface area contributed by atoms with Gasteiger partial charge in [-0.1, -0.05) is 18.2 Å². The molecule has 7 nitrogen and oxygen atoms in total. The molecule has 166 valence electrons. The maximum atomic E-state index is 11.8. The standard InChI is InChI=1S/C25H29N5O2/c1-2-32-24(31)19-6-8-22(9-7-19)29-23-10-12-30(13-11-23)25-27-16-21(17-28-25)20-5-3-4-18(14-20)15-26/h3-9,14,16-17,23,29H,2,10-13,15,26H2,1H3. The fraction of sp³-hybridized carbons (Fsp3) is 0.320. The van der Waals surface area contributed by atoms with Crippen molar-refractivity contribution in [3.8, 4) is 11.1 Å². The Morgan fingerprint density at radius 1 is 1.09 bits per heavy atom. The lowest BCUT2D eigenvalue weighted by atomic mass is 10.0. The van der Waals surface area contributed by atoms with E-state index < -0.39 is 0 Å². The lowest BCUT2D eigenvalue weighted by Gasteiger charge is -2.32. The van der Waals surface area contributed by atoms with Gasteiger partial charge in [0, 0.05) is 49.3 Å². The molecule has 1 aliphatic heterocycles. The minimum atomic E-state index is -0.287. The molecule has 1 fully saturated rings. The molecule has 3 N–H and O–H groups in total. The Bertz CT molecular complexity index is 1030. The van der Waals surface area contributed by atoms with Gasteiger partial charge in [-0.05, 0) is 61.2 Å². The summed E-state index contributed by atoms with van der Waals surface area (Å²) in [4.78, 5) is 23.2. The van der Waals surface area contributed by atoms with Crippen LogP contribution in [0.2, 0.25) is 0 Å². The molecule has 1 aliphatic rings. The molecule has 3 aromatic rings. The van der Waals surface area contributed by atoms with Crippen molar-refractivity contribution >= 4 is 17.6 Å². The summed E-state index contributed by atoms with van der Waals surface area (Å²) in [5.74, 6) is 0.478. The first-order valence-electron chi connectivity index (χ1n) is 11.1. The van der Waals surface area contributed by atoms with E-state index in [-0.39, 0.29) is 5.97 Å². The lowest BCUT2D eigenvalue weighted by Crippen LogP contribution is -2.39. The van der Waals surface area contributed by atoms with E-state index in [1.54, 1.807) is 19.1 Å². The number of ether oxygens (including phenoxy) is 1. The predicted octanol–water partition coefficient (Wildman–Crippen LogP) is 3.86. The maximum Gasteiger partial charge on any atom is 0.338 e. The quantitative estimate of drug-likeness (QED) is 0.549. The molecular formula is C25H29N5O2. The van der Waals surface area contributed by atoms with E-state index in [0.717, 1.165) is 54.3 Å². The zero-order chi connectivity index (χ0) is 22.3. The summed E-state index contributed by atoms with van der Waals surface area (Å²) in [6, 6.07) is 16.0. The zero-order valence-electron chi connectivity index (χ0n) is 18.3. The maximum absolute atomic E-state index is 11.8. The summed E-state index contributed by atoms with van der Waals surface area (Å²) in [6.07, 6.45) is 5.74.